The third-order valence-electron chi connectivity index (χ3n) is 6.01. The first kappa shape index (κ1) is 20.7. The van der Waals surface area contributed by atoms with Crippen LogP contribution in [0, 0.1) is 0 Å². The highest BCUT2D eigenvalue weighted by atomic mass is 35.5. The molecule has 1 fully saturated rings. The van der Waals surface area contributed by atoms with Crippen molar-refractivity contribution in [2.24, 2.45) is 4.99 Å². The molecule has 0 aliphatic carbocycles. The van der Waals surface area contributed by atoms with E-state index in [1.165, 1.54) is 0 Å². The first-order chi connectivity index (χ1) is 14.4. The van der Waals surface area contributed by atoms with Gasteiger partial charge in [0.1, 0.15) is 17.2 Å². The van der Waals surface area contributed by atoms with E-state index >= 15 is 0 Å². The number of nitrogens with one attached hydrogen (secondary N) is 1. The highest BCUT2D eigenvalue weighted by Crippen LogP contribution is 2.37. The molecule has 0 bridgehead atoms. The zero-order valence-electron chi connectivity index (χ0n) is 17.2. The summed E-state index contributed by atoms with van der Waals surface area (Å²) < 4.78 is 5.29. The lowest BCUT2D eigenvalue weighted by Crippen LogP contribution is -2.56. The number of phenols is 1. The van der Waals surface area contributed by atoms with Crippen molar-refractivity contribution in [1.29, 1.82) is 0 Å². The van der Waals surface area contributed by atoms with Crippen LogP contribution in [0.1, 0.15) is 43.4 Å². The molecule has 0 saturated carbocycles. The van der Waals surface area contributed by atoms with Crippen LogP contribution in [0.25, 0.3) is 0 Å². The van der Waals surface area contributed by atoms with Gasteiger partial charge in [-0.15, -0.1) is 0 Å². The minimum Gasteiger partial charge on any atom is -0.507 e. The molecule has 1 atom stereocenters. The predicted octanol–water partition coefficient (Wildman–Crippen LogP) is 3.92. The standard InChI is InChI=1S/C23H26ClN3O3/c1-15(28)27-11-9-23(10-12-27)25-20(16-3-6-18(30-2)7-4-16)14-21(26-23)19-13-17(24)5-8-22(19)29/h3-8,13,20,25,29H,9-12,14H2,1-2H3/t20-/m1/s1. The van der Waals surface area contributed by atoms with E-state index in [0.29, 0.717) is 42.9 Å². The Balaban J connectivity index is 1.71. The first-order valence-corrected chi connectivity index (χ1v) is 10.5. The average Bonchev–Trinajstić information content (AvgIpc) is 2.75. The van der Waals surface area contributed by atoms with E-state index in [9.17, 15) is 9.90 Å². The number of hydrogen-bond donors (Lipinski definition) is 2. The van der Waals surface area contributed by atoms with Gasteiger partial charge in [0.15, 0.2) is 0 Å². The van der Waals surface area contributed by atoms with Crippen LogP contribution in [0.5, 0.6) is 11.5 Å². The molecule has 30 heavy (non-hydrogen) atoms. The maximum atomic E-state index is 11.8. The SMILES string of the molecule is COc1ccc([C@H]2CC(c3cc(Cl)ccc3O)=NC3(CCN(C(C)=O)CC3)N2)cc1. The quantitative estimate of drug-likeness (QED) is 0.778. The fraction of sp³-hybridized carbons (Fsp3) is 0.391. The molecule has 2 heterocycles. The van der Waals surface area contributed by atoms with Gasteiger partial charge in [-0.3, -0.25) is 15.1 Å². The topological polar surface area (TPSA) is 74.2 Å². The largest absolute Gasteiger partial charge is 0.507 e. The Morgan fingerprint density at radius 2 is 1.93 bits per heavy atom. The zero-order chi connectivity index (χ0) is 21.3. The second-order valence-electron chi connectivity index (χ2n) is 7.93. The number of benzene rings is 2. The molecule has 2 aliphatic rings. The molecule has 7 heteroatoms. The molecular formula is C23H26ClN3O3. The van der Waals surface area contributed by atoms with Gasteiger partial charge in [0.25, 0.3) is 0 Å². The summed E-state index contributed by atoms with van der Waals surface area (Å²) >= 11 is 6.21. The highest BCUT2D eigenvalue weighted by Gasteiger charge is 2.40. The molecule has 2 aliphatic heterocycles. The number of phenolic OH excluding ortho intramolecular Hbond substituents is 1. The van der Waals surface area contributed by atoms with Crippen LogP contribution in [-0.4, -0.2) is 47.5 Å². The molecule has 1 spiro atoms. The second kappa shape index (κ2) is 8.28. The van der Waals surface area contributed by atoms with Crippen LogP contribution in [-0.2, 0) is 4.79 Å². The summed E-state index contributed by atoms with van der Waals surface area (Å²) in [4.78, 5) is 18.7. The first-order valence-electron chi connectivity index (χ1n) is 10.1. The number of piperidine rings is 1. The Morgan fingerprint density at radius 1 is 1.23 bits per heavy atom. The van der Waals surface area contributed by atoms with Crippen molar-refractivity contribution < 1.29 is 14.6 Å². The smallest absolute Gasteiger partial charge is 0.219 e. The second-order valence-corrected chi connectivity index (χ2v) is 8.37. The van der Waals surface area contributed by atoms with Gasteiger partial charge in [0, 0.05) is 61.6 Å². The number of rotatable bonds is 3. The van der Waals surface area contributed by atoms with Crippen LogP contribution in [0.15, 0.2) is 47.5 Å². The molecule has 0 unspecified atom stereocenters. The lowest BCUT2D eigenvalue weighted by atomic mass is 9.87. The molecular weight excluding hydrogens is 402 g/mol. The van der Waals surface area contributed by atoms with E-state index < -0.39 is 5.66 Å². The normalized spacial score (nSPS) is 20.7. The number of ether oxygens (including phenoxy) is 1. The van der Waals surface area contributed by atoms with Gasteiger partial charge in [-0.1, -0.05) is 23.7 Å². The average molecular weight is 428 g/mol. The fourth-order valence-electron chi connectivity index (χ4n) is 4.30. The van der Waals surface area contributed by atoms with E-state index in [1.807, 2.05) is 17.0 Å². The van der Waals surface area contributed by atoms with Gasteiger partial charge in [-0.25, -0.2) is 0 Å². The molecule has 6 nitrogen and oxygen atoms in total. The summed E-state index contributed by atoms with van der Waals surface area (Å²) in [5.41, 5.74) is 2.12. The van der Waals surface area contributed by atoms with Crippen molar-refractivity contribution in [1.82, 2.24) is 10.2 Å². The Labute approximate surface area is 181 Å². The number of carbonyl (C=O) groups excluding carboxylic acids is 1. The van der Waals surface area contributed by atoms with E-state index in [4.69, 9.17) is 21.3 Å². The number of carbonyl (C=O) groups is 1. The Kier molecular flexibility index (Phi) is 5.71. The minimum atomic E-state index is -0.487. The number of aromatic hydroxyl groups is 1. The molecule has 4 rings (SSSR count). The van der Waals surface area contributed by atoms with Gasteiger partial charge in [0.2, 0.25) is 5.91 Å². The van der Waals surface area contributed by atoms with Crippen molar-refractivity contribution >= 4 is 23.2 Å². The van der Waals surface area contributed by atoms with Crippen molar-refractivity contribution in [2.75, 3.05) is 20.2 Å². The molecule has 158 valence electrons. The Hall–Kier alpha value is -2.57. The van der Waals surface area contributed by atoms with Crippen LogP contribution < -0.4 is 10.1 Å². The summed E-state index contributed by atoms with van der Waals surface area (Å²) in [6, 6.07) is 13.1. The number of halogens is 1. The van der Waals surface area contributed by atoms with E-state index in [-0.39, 0.29) is 17.7 Å². The summed E-state index contributed by atoms with van der Waals surface area (Å²) in [5, 5.41) is 14.8. The maximum absolute atomic E-state index is 11.8. The predicted molar refractivity (Wildman–Crippen MR) is 117 cm³/mol. The number of likely N-dealkylation sites (tertiary alicyclic amines) is 1. The van der Waals surface area contributed by atoms with Crippen LogP contribution >= 0.6 is 11.6 Å². The minimum absolute atomic E-state index is 0.0191. The van der Waals surface area contributed by atoms with Gasteiger partial charge >= 0.3 is 0 Å². The number of nitrogens with zero attached hydrogens (tertiary/aromatic N) is 2. The zero-order valence-corrected chi connectivity index (χ0v) is 17.9. The summed E-state index contributed by atoms with van der Waals surface area (Å²) in [6.07, 6.45) is 2.05. The molecule has 1 saturated heterocycles. The van der Waals surface area contributed by atoms with Gasteiger partial charge in [-0.2, -0.15) is 0 Å². The molecule has 1 amide bonds. The molecule has 2 aromatic rings. The Morgan fingerprint density at radius 3 is 2.57 bits per heavy atom. The molecule has 0 aromatic heterocycles. The number of methoxy groups -OCH3 is 1. The van der Waals surface area contributed by atoms with Crippen LogP contribution in [0.2, 0.25) is 5.02 Å². The van der Waals surface area contributed by atoms with Crippen molar-refractivity contribution in [3.05, 3.63) is 58.6 Å². The molecule has 2 aromatic carbocycles. The third kappa shape index (κ3) is 4.16. The van der Waals surface area contributed by atoms with Crippen molar-refractivity contribution in [3.63, 3.8) is 0 Å². The maximum Gasteiger partial charge on any atom is 0.219 e. The van der Waals surface area contributed by atoms with Gasteiger partial charge in [0.05, 0.1) is 7.11 Å². The fourth-order valence-corrected chi connectivity index (χ4v) is 4.47. The number of amides is 1. The van der Waals surface area contributed by atoms with Gasteiger partial charge < -0.3 is 14.7 Å². The molecule has 0 radical (unpaired) electrons. The summed E-state index contributed by atoms with van der Waals surface area (Å²) in [5.74, 6) is 1.06. The van der Waals surface area contributed by atoms with Gasteiger partial charge in [-0.05, 0) is 35.9 Å². The van der Waals surface area contributed by atoms with Crippen molar-refractivity contribution in [3.8, 4) is 11.5 Å². The molecule has 2 N–H and O–H groups in total. The lowest BCUT2D eigenvalue weighted by Gasteiger charge is -2.45. The third-order valence-corrected chi connectivity index (χ3v) is 6.25. The summed E-state index contributed by atoms with van der Waals surface area (Å²) in [6.45, 7) is 2.90. The monoisotopic (exact) mass is 427 g/mol. The van der Waals surface area contributed by atoms with E-state index in [1.54, 1.807) is 32.2 Å². The number of aliphatic imine (C=N–C) groups is 1. The van der Waals surface area contributed by atoms with Crippen LogP contribution in [0.4, 0.5) is 0 Å². The lowest BCUT2D eigenvalue weighted by molar-refractivity contribution is -0.130. The van der Waals surface area contributed by atoms with Crippen molar-refractivity contribution in [2.45, 2.75) is 37.9 Å². The highest BCUT2D eigenvalue weighted by molar-refractivity contribution is 6.31. The van der Waals surface area contributed by atoms with E-state index in [2.05, 4.69) is 17.4 Å². The van der Waals surface area contributed by atoms with E-state index in [0.717, 1.165) is 17.0 Å². The van der Waals surface area contributed by atoms with Crippen LogP contribution in [0.3, 0.4) is 0 Å². The Bertz CT molecular complexity index is 966. The summed E-state index contributed by atoms with van der Waals surface area (Å²) in [7, 11) is 1.65. The number of hydrogen-bond acceptors (Lipinski definition) is 5.